The third-order valence-corrected chi connectivity index (χ3v) is 2.88. The summed E-state index contributed by atoms with van der Waals surface area (Å²) in [6.45, 7) is 4.65. The van der Waals surface area contributed by atoms with Crippen LogP contribution in [0.15, 0.2) is 24.3 Å². The van der Waals surface area contributed by atoms with Crippen LogP contribution in [0.3, 0.4) is 0 Å². The van der Waals surface area contributed by atoms with Gasteiger partial charge in [0.1, 0.15) is 11.4 Å². The van der Waals surface area contributed by atoms with Crippen molar-refractivity contribution in [3.05, 3.63) is 30.0 Å². The molecule has 19 heavy (non-hydrogen) atoms. The number of nitrogens with one attached hydrogen (secondary N) is 1. The molecule has 1 aromatic heterocycles. The third kappa shape index (κ3) is 3.22. The minimum atomic E-state index is -4.37. The Labute approximate surface area is 109 Å². The minimum absolute atomic E-state index is 0.439. The van der Waals surface area contributed by atoms with Gasteiger partial charge in [0.2, 0.25) is 0 Å². The van der Waals surface area contributed by atoms with E-state index in [4.69, 9.17) is 4.74 Å². The van der Waals surface area contributed by atoms with Crippen LogP contribution in [0.5, 0.6) is 5.75 Å². The largest absolute Gasteiger partial charge is 0.493 e. The van der Waals surface area contributed by atoms with Crippen molar-refractivity contribution in [2.75, 3.05) is 6.61 Å². The molecule has 0 radical (unpaired) electrons. The summed E-state index contributed by atoms with van der Waals surface area (Å²) < 4.78 is 43.5. The summed E-state index contributed by atoms with van der Waals surface area (Å²) >= 11 is 0. The molecule has 1 heterocycles. The number of aromatic amines is 1. The molecule has 2 rings (SSSR count). The number of H-pyrrole nitrogens is 1. The summed E-state index contributed by atoms with van der Waals surface area (Å²) in [7, 11) is 0. The average molecular weight is 271 g/mol. The van der Waals surface area contributed by atoms with Gasteiger partial charge in [-0.1, -0.05) is 19.9 Å². The molecule has 0 saturated heterocycles. The van der Waals surface area contributed by atoms with Gasteiger partial charge < -0.3 is 9.72 Å². The Morgan fingerprint density at radius 3 is 2.63 bits per heavy atom. The zero-order chi connectivity index (χ0) is 14.0. The SMILES string of the molecule is CC(C)CCOc1cccc2[nH]c(C(F)(F)F)cc12. The van der Waals surface area contributed by atoms with E-state index in [2.05, 4.69) is 18.8 Å². The number of halogens is 3. The third-order valence-electron chi connectivity index (χ3n) is 2.88. The van der Waals surface area contributed by atoms with Gasteiger partial charge in [-0.25, -0.2) is 0 Å². The van der Waals surface area contributed by atoms with Crippen molar-refractivity contribution in [1.82, 2.24) is 4.98 Å². The fourth-order valence-electron chi connectivity index (χ4n) is 1.81. The first-order valence-electron chi connectivity index (χ1n) is 6.19. The van der Waals surface area contributed by atoms with E-state index in [1.807, 2.05) is 0 Å². The second-order valence-corrected chi connectivity index (χ2v) is 4.93. The van der Waals surface area contributed by atoms with Gasteiger partial charge in [0, 0.05) is 10.9 Å². The van der Waals surface area contributed by atoms with Crippen LogP contribution in [0, 0.1) is 5.92 Å². The van der Waals surface area contributed by atoms with Crippen molar-refractivity contribution in [1.29, 1.82) is 0 Å². The lowest BCUT2D eigenvalue weighted by Gasteiger charge is -2.08. The number of hydrogen-bond acceptors (Lipinski definition) is 1. The highest BCUT2D eigenvalue weighted by Crippen LogP contribution is 2.34. The van der Waals surface area contributed by atoms with E-state index < -0.39 is 11.9 Å². The Morgan fingerprint density at radius 1 is 1.26 bits per heavy atom. The van der Waals surface area contributed by atoms with Crippen LogP contribution in [0.1, 0.15) is 26.0 Å². The predicted octanol–water partition coefficient (Wildman–Crippen LogP) is 4.61. The number of rotatable bonds is 4. The highest BCUT2D eigenvalue weighted by molar-refractivity contribution is 5.86. The van der Waals surface area contributed by atoms with E-state index in [-0.39, 0.29) is 0 Å². The smallest absolute Gasteiger partial charge is 0.431 e. The monoisotopic (exact) mass is 271 g/mol. The van der Waals surface area contributed by atoms with Crippen LogP contribution in [0.4, 0.5) is 13.2 Å². The number of hydrogen-bond donors (Lipinski definition) is 1. The van der Waals surface area contributed by atoms with Crippen molar-refractivity contribution >= 4 is 10.9 Å². The molecule has 0 atom stereocenters. The molecule has 2 aromatic rings. The van der Waals surface area contributed by atoms with E-state index in [1.54, 1.807) is 18.2 Å². The lowest BCUT2D eigenvalue weighted by atomic mass is 10.1. The van der Waals surface area contributed by atoms with Crippen molar-refractivity contribution < 1.29 is 17.9 Å². The van der Waals surface area contributed by atoms with Crippen molar-refractivity contribution in [3.8, 4) is 5.75 Å². The van der Waals surface area contributed by atoms with Gasteiger partial charge in [0.25, 0.3) is 0 Å². The average Bonchev–Trinajstić information content (AvgIpc) is 2.72. The lowest BCUT2D eigenvalue weighted by Crippen LogP contribution is -2.04. The maximum Gasteiger partial charge on any atom is 0.431 e. The molecular weight excluding hydrogens is 255 g/mol. The Bertz CT molecular complexity index is 557. The molecule has 5 heteroatoms. The molecule has 0 fully saturated rings. The van der Waals surface area contributed by atoms with Gasteiger partial charge in [0.05, 0.1) is 6.61 Å². The summed E-state index contributed by atoms with van der Waals surface area (Å²) in [5, 5.41) is 0.471. The van der Waals surface area contributed by atoms with Crippen molar-refractivity contribution in [2.45, 2.75) is 26.4 Å². The Balaban J connectivity index is 2.27. The van der Waals surface area contributed by atoms with Gasteiger partial charge in [-0.15, -0.1) is 0 Å². The zero-order valence-corrected chi connectivity index (χ0v) is 10.8. The van der Waals surface area contributed by atoms with E-state index in [0.29, 0.717) is 29.2 Å². The van der Waals surface area contributed by atoms with E-state index in [0.717, 1.165) is 12.5 Å². The number of fused-ring (bicyclic) bond motifs is 1. The number of ether oxygens (including phenoxy) is 1. The molecule has 1 N–H and O–H groups in total. The molecule has 0 aliphatic rings. The fourth-order valence-corrected chi connectivity index (χ4v) is 1.81. The second-order valence-electron chi connectivity index (χ2n) is 4.93. The second kappa shape index (κ2) is 5.15. The fraction of sp³-hybridized carbons (Fsp3) is 0.429. The predicted molar refractivity (Wildman–Crippen MR) is 68.3 cm³/mol. The molecule has 104 valence electrons. The quantitative estimate of drug-likeness (QED) is 0.862. The molecule has 2 nitrogen and oxygen atoms in total. The summed E-state index contributed by atoms with van der Waals surface area (Å²) in [5.74, 6) is 0.987. The lowest BCUT2D eigenvalue weighted by molar-refractivity contribution is -0.140. The van der Waals surface area contributed by atoms with Crippen LogP contribution in [0.2, 0.25) is 0 Å². The summed E-state index contributed by atoms with van der Waals surface area (Å²) in [5.41, 5.74) is -0.309. The maximum atomic E-state index is 12.6. The number of aromatic nitrogens is 1. The van der Waals surface area contributed by atoms with E-state index >= 15 is 0 Å². The molecule has 0 amide bonds. The van der Waals surface area contributed by atoms with Gasteiger partial charge in [-0.05, 0) is 30.5 Å². The molecule has 0 aliphatic carbocycles. The molecular formula is C14H16F3NO. The Kier molecular flexibility index (Phi) is 3.73. The molecule has 1 aromatic carbocycles. The summed E-state index contributed by atoms with van der Waals surface area (Å²) in [6, 6.07) is 6.08. The molecule has 0 bridgehead atoms. The number of benzene rings is 1. The van der Waals surface area contributed by atoms with E-state index in [9.17, 15) is 13.2 Å². The first-order chi connectivity index (χ1) is 8.88. The Morgan fingerprint density at radius 2 is 2.00 bits per heavy atom. The van der Waals surface area contributed by atoms with Crippen molar-refractivity contribution in [2.24, 2.45) is 5.92 Å². The van der Waals surface area contributed by atoms with E-state index in [1.165, 1.54) is 0 Å². The summed E-state index contributed by atoms with van der Waals surface area (Å²) in [6.07, 6.45) is -3.50. The minimum Gasteiger partial charge on any atom is -0.493 e. The highest BCUT2D eigenvalue weighted by atomic mass is 19.4. The van der Waals surface area contributed by atoms with Crippen LogP contribution >= 0.6 is 0 Å². The summed E-state index contributed by atoms with van der Waals surface area (Å²) in [4.78, 5) is 2.37. The normalized spacial score (nSPS) is 12.3. The number of alkyl halides is 3. The van der Waals surface area contributed by atoms with Gasteiger partial charge in [-0.3, -0.25) is 0 Å². The van der Waals surface area contributed by atoms with Gasteiger partial charge >= 0.3 is 6.18 Å². The van der Waals surface area contributed by atoms with Crippen LogP contribution < -0.4 is 4.74 Å². The first kappa shape index (κ1) is 13.8. The zero-order valence-electron chi connectivity index (χ0n) is 10.8. The maximum absolute atomic E-state index is 12.6. The molecule has 0 aliphatic heterocycles. The van der Waals surface area contributed by atoms with Crippen LogP contribution in [0.25, 0.3) is 10.9 Å². The molecule has 0 saturated carbocycles. The van der Waals surface area contributed by atoms with Gasteiger partial charge in [-0.2, -0.15) is 13.2 Å². The van der Waals surface area contributed by atoms with Crippen LogP contribution in [-0.4, -0.2) is 11.6 Å². The highest BCUT2D eigenvalue weighted by Gasteiger charge is 2.32. The van der Waals surface area contributed by atoms with Gasteiger partial charge in [0.15, 0.2) is 0 Å². The first-order valence-corrected chi connectivity index (χ1v) is 6.19. The molecule has 0 spiro atoms. The van der Waals surface area contributed by atoms with Crippen LogP contribution in [-0.2, 0) is 6.18 Å². The van der Waals surface area contributed by atoms with Crippen molar-refractivity contribution in [3.63, 3.8) is 0 Å². The topological polar surface area (TPSA) is 25.0 Å². The standard InChI is InChI=1S/C14H16F3NO/c1-9(2)6-7-19-12-5-3-4-11-10(12)8-13(18-11)14(15,16)17/h3-5,8-9,18H,6-7H2,1-2H3. The Hall–Kier alpha value is -1.65. The molecule has 0 unspecified atom stereocenters.